The van der Waals surface area contributed by atoms with Crippen LogP contribution in [0, 0.1) is 0 Å². The first-order chi connectivity index (χ1) is 6.74. The van der Waals surface area contributed by atoms with Crippen LogP contribution >= 0.6 is 15.9 Å². The highest BCUT2D eigenvalue weighted by atomic mass is 79.9. The molecule has 2 nitrogen and oxygen atoms in total. The van der Waals surface area contributed by atoms with Crippen molar-refractivity contribution >= 4 is 26.8 Å². The van der Waals surface area contributed by atoms with Gasteiger partial charge in [0.1, 0.15) is 0 Å². The summed E-state index contributed by atoms with van der Waals surface area (Å²) in [4.78, 5) is 3.15. The quantitative estimate of drug-likeness (QED) is 0.846. The zero-order valence-electron chi connectivity index (χ0n) is 7.92. The Hall–Kier alpha value is -0.800. The van der Waals surface area contributed by atoms with Crippen molar-refractivity contribution in [3.05, 3.63) is 34.4 Å². The molecule has 0 unspecified atom stereocenters. The highest BCUT2D eigenvalue weighted by Gasteiger charge is 2.12. The van der Waals surface area contributed by atoms with Gasteiger partial charge in [-0.25, -0.2) is 0 Å². The first kappa shape index (κ1) is 9.74. The summed E-state index contributed by atoms with van der Waals surface area (Å²) in [7, 11) is 0. The van der Waals surface area contributed by atoms with E-state index in [-0.39, 0.29) is 6.10 Å². The van der Waals surface area contributed by atoms with Gasteiger partial charge in [-0.2, -0.15) is 0 Å². The molecule has 14 heavy (non-hydrogen) atoms. The van der Waals surface area contributed by atoms with Crippen LogP contribution in [0.2, 0.25) is 0 Å². The zero-order chi connectivity index (χ0) is 10.1. The van der Waals surface area contributed by atoms with Crippen molar-refractivity contribution in [3.8, 4) is 0 Å². The Morgan fingerprint density at radius 1 is 1.50 bits per heavy atom. The first-order valence-electron chi connectivity index (χ1n) is 4.67. The lowest BCUT2D eigenvalue weighted by Gasteiger charge is -2.06. The van der Waals surface area contributed by atoms with Crippen molar-refractivity contribution in [2.24, 2.45) is 0 Å². The number of halogens is 1. The van der Waals surface area contributed by atoms with Gasteiger partial charge >= 0.3 is 0 Å². The van der Waals surface area contributed by atoms with E-state index in [1.807, 2.05) is 31.3 Å². The fraction of sp³-hybridized carbons (Fsp3) is 0.273. The van der Waals surface area contributed by atoms with Crippen molar-refractivity contribution in [3.63, 3.8) is 0 Å². The van der Waals surface area contributed by atoms with Gasteiger partial charge in [-0.1, -0.05) is 28.9 Å². The molecule has 3 heteroatoms. The molecule has 2 aromatic rings. The summed E-state index contributed by atoms with van der Waals surface area (Å²) in [6.07, 6.45) is 2.22. The lowest BCUT2D eigenvalue weighted by molar-refractivity contribution is 0.175. The molecule has 1 aromatic carbocycles. The third-order valence-electron chi connectivity index (χ3n) is 2.43. The number of hydrogen-bond donors (Lipinski definition) is 2. The molecule has 2 N–H and O–H groups in total. The average Bonchev–Trinajstić information content (AvgIpc) is 2.62. The smallest absolute Gasteiger partial charge is 0.0808 e. The Kier molecular flexibility index (Phi) is 2.61. The Morgan fingerprint density at radius 3 is 3.00 bits per heavy atom. The number of rotatable bonds is 2. The molecule has 0 bridgehead atoms. The second kappa shape index (κ2) is 3.75. The van der Waals surface area contributed by atoms with Crippen LogP contribution in [0.4, 0.5) is 0 Å². The number of H-pyrrole nitrogens is 1. The van der Waals surface area contributed by atoms with Gasteiger partial charge in [-0.15, -0.1) is 0 Å². The van der Waals surface area contributed by atoms with E-state index < -0.39 is 0 Å². The van der Waals surface area contributed by atoms with Crippen molar-refractivity contribution in [1.29, 1.82) is 0 Å². The van der Waals surface area contributed by atoms with Gasteiger partial charge in [0.25, 0.3) is 0 Å². The highest BCUT2D eigenvalue weighted by Crippen LogP contribution is 2.31. The van der Waals surface area contributed by atoms with Crippen LogP contribution in [-0.4, -0.2) is 10.1 Å². The molecule has 0 aliphatic heterocycles. The van der Waals surface area contributed by atoms with Crippen LogP contribution in [-0.2, 0) is 0 Å². The summed E-state index contributed by atoms with van der Waals surface area (Å²) >= 11 is 3.49. The summed E-state index contributed by atoms with van der Waals surface area (Å²) in [5.41, 5.74) is 2.02. The average molecular weight is 254 g/mol. The molecule has 0 aliphatic rings. The van der Waals surface area contributed by atoms with Crippen molar-refractivity contribution in [1.82, 2.24) is 4.98 Å². The minimum Gasteiger partial charge on any atom is -0.388 e. The number of fused-ring (bicyclic) bond motifs is 1. The standard InChI is InChI=1S/C11H12BrNO/c1-2-10(14)7-6-13-9-5-3-4-8(12)11(7)9/h3-6,10,13-14H,2H2,1H3/t10-/m0/s1. The van der Waals surface area contributed by atoms with E-state index >= 15 is 0 Å². The minimum atomic E-state index is -0.387. The third kappa shape index (κ3) is 1.47. The Balaban J connectivity index is 2.67. The highest BCUT2D eigenvalue weighted by molar-refractivity contribution is 9.10. The molecular formula is C11H12BrNO. The van der Waals surface area contributed by atoms with E-state index in [1.54, 1.807) is 0 Å². The van der Waals surface area contributed by atoms with E-state index in [1.165, 1.54) is 0 Å². The van der Waals surface area contributed by atoms with Crippen LogP contribution in [0.5, 0.6) is 0 Å². The number of aliphatic hydroxyl groups excluding tert-OH is 1. The molecule has 0 fully saturated rings. The summed E-state index contributed by atoms with van der Waals surface area (Å²) in [5.74, 6) is 0. The third-order valence-corrected chi connectivity index (χ3v) is 3.09. The number of benzene rings is 1. The summed E-state index contributed by atoms with van der Waals surface area (Å²) in [5, 5.41) is 10.9. The van der Waals surface area contributed by atoms with Gasteiger partial charge in [-0.3, -0.25) is 0 Å². The molecule has 0 radical (unpaired) electrons. The summed E-state index contributed by atoms with van der Waals surface area (Å²) in [6, 6.07) is 5.97. The van der Waals surface area contributed by atoms with E-state index in [0.717, 1.165) is 27.4 Å². The van der Waals surface area contributed by atoms with Gasteiger partial charge in [0, 0.05) is 27.1 Å². The predicted octanol–water partition coefficient (Wildman–Crippen LogP) is 3.37. The number of aromatic nitrogens is 1. The van der Waals surface area contributed by atoms with E-state index in [9.17, 15) is 5.11 Å². The SMILES string of the molecule is CC[C@H](O)c1c[nH]c2cccc(Br)c12. The topological polar surface area (TPSA) is 36.0 Å². The molecule has 1 aromatic heterocycles. The molecule has 0 amide bonds. The number of hydrogen-bond acceptors (Lipinski definition) is 1. The monoisotopic (exact) mass is 253 g/mol. The molecule has 74 valence electrons. The normalized spacial score (nSPS) is 13.4. The van der Waals surface area contributed by atoms with Gasteiger partial charge < -0.3 is 10.1 Å². The van der Waals surface area contributed by atoms with Crippen LogP contribution in [0.15, 0.2) is 28.9 Å². The van der Waals surface area contributed by atoms with Crippen molar-refractivity contribution in [2.75, 3.05) is 0 Å². The van der Waals surface area contributed by atoms with Crippen molar-refractivity contribution < 1.29 is 5.11 Å². The predicted molar refractivity (Wildman–Crippen MR) is 61.2 cm³/mol. The van der Waals surface area contributed by atoms with Crippen LogP contribution in [0.1, 0.15) is 25.0 Å². The fourth-order valence-electron chi connectivity index (χ4n) is 1.65. The van der Waals surface area contributed by atoms with Crippen LogP contribution in [0.3, 0.4) is 0 Å². The Bertz CT molecular complexity index is 449. The van der Waals surface area contributed by atoms with Gasteiger partial charge in [0.15, 0.2) is 0 Å². The molecule has 0 saturated heterocycles. The maximum Gasteiger partial charge on any atom is 0.0808 e. The lowest BCUT2D eigenvalue weighted by Crippen LogP contribution is -1.93. The Labute approximate surface area is 91.1 Å². The molecule has 0 aliphatic carbocycles. The number of nitrogens with one attached hydrogen (secondary N) is 1. The van der Waals surface area contributed by atoms with E-state index in [0.29, 0.717) is 0 Å². The maximum atomic E-state index is 9.80. The fourth-order valence-corrected chi connectivity index (χ4v) is 2.24. The lowest BCUT2D eigenvalue weighted by atomic mass is 10.1. The summed E-state index contributed by atoms with van der Waals surface area (Å²) in [6.45, 7) is 1.97. The molecule has 1 atom stereocenters. The van der Waals surface area contributed by atoms with Gasteiger partial charge in [0.2, 0.25) is 0 Å². The molecule has 0 spiro atoms. The first-order valence-corrected chi connectivity index (χ1v) is 5.47. The van der Waals surface area contributed by atoms with E-state index in [2.05, 4.69) is 20.9 Å². The molecular weight excluding hydrogens is 242 g/mol. The van der Waals surface area contributed by atoms with Gasteiger partial charge in [-0.05, 0) is 18.6 Å². The van der Waals surface area contributed by atoms with E-state index in [4.69, 9.17) is 0 Å². The largest absolute Gasteiger partial charge is 0.388 e. The zero-order valence-corrected chi connectivity index (χ0v) is 9.51. The maximum absolute atomic E-state index is 9.80. The second-order valence-electron chi connectivity index (χ2n) is 3.33. The van der Waals surface area contributed by atoms with Gasteiger partial charge in [0.05, 0.1) is 6.10 Å². The molecule has 0 saturated carbocycles. The summed E-state index contributed by atoms with van der Waals surface area (Å²) < 4.78 is 1.03. The molecule has 2 rings (SSSR count). The molecule has 1 heterocycles. The van der Waals surface area contributed by atoms with Crippen molar-refractivity contribution in [2.45, 2.75) is 19.4 Å². The second-order valence-corrected chi connectivity index (χ2v) is 4.18. The number of aliphatic hydroxyl groups is 1. The number of aromatic amines is 1. The van der Waals surface area contributed by atoms with Crippen LogP contribution < -0.4 is 0 Å². The minimum absolute atomic E-state index is 0.387. The van der Waals surface area contributed by atoms with Crippen LogP contribution in [0.25, 0.3) is 10.9 Å². The Morgan fingerprint density at radius 2 is 2.29 bits per heavy atom.